The quantitative estimate of drug-likeness (QED) is 0.272. The van der Waals surface area contributed by atoms with Gasteiger partial charge < -0.3 is 21.9 Å². The number of esters is 1. The molecule has 0 saturated carbocycles. The molecule has 4 nitrogen and oxygen atoms in total. The minimum atomic E-state index is -0.262. The summed E-state index contributed by atoms with van der Waals surface area (Å²) >= 11 is 1.89. The maximum atomic E-state index is 12.3. The first-order valence-corrected chi connectivity index (χ1v) is 9.95. The van der Waals surface area contributed by atoms with Gasteiger partial charge in [0.05, 0.1) is 52.7 Å². The molecule has 150 valence electrons. The van der Waals surface area contributed by atoms with Gasteiger partial charge in [0.25, 0.3) is 0 Å². The van der Waals surface area contributed by atoms with Crippen molar-refractivity contribution in [2.75, 3.05) is 40.6 Å². The average Bonchev–Trinajstić information content (AvgIpc) is 2.61. The number of quaternary nitrogens is 1. The number of carbonyl (C=O) groups is 1. The third-order valence-electron chi connectivity index (χ3n) is 4.19. The van der Waals surface area contributed by atoms with Crippen molar-refractivity contribution in [3.8, 4) is 5.75 Å². The molecular formula is C21H30ClNO3S. The number of hydrogen-bond acceptors (Lipinski definition) is 4. The lowest BCUT2D eigenvalue weighted by atomic mass is 9.98. The van der Waals surface area contributed by atoms with E-state index >= 15 is 0 Å². The highest BCUT2D eigenvalue weighted by Gasteiger charge is 2.17. The van der Waals surface area contributed by atoms with Gasteiger partial charge in [-0.2, -0.15) is 0 Å². The van der Waals surface area contributed by atoms with E-state index in [1.54, 1.807) is 7.11 Å². The molecule has 0 saturated heterocycles. The molecule has 0 bridgehead atoms. The molecule has 2 rings (SSSR count). The SMILES string of the molecule is COc1ccc2cc([C@H](C)C(=O)OCCCCS[N+](C)(C)C)ccc2c1.[Cl-]. The molecule has 0 radical (unpaired) electrons. The van der Waals surface area contributed by atoms with E-state index in [0.717, 1.165) is 44.6 Å². The molecule has 0 aliphatic rings. The molecule has 27 heavy (non-hydrogen) atoms. The number of carbonyl (C=O) groups excluding carboxylic acids is 1. The summed E-state index contributed by atoms with van der Waals surface area (Å²) in [5.41, 5.74) is 0.980. The monoisotopic (exact) mass is 411 g/mol. The zero-order chi connectivity index (χ0) is 19.2. The molecule has 0 aliphatic carbocycles. The number of halogens is 1. The molecule has 0 amide bonds. The normalized spacial score (nSPS) is 12.3. The van der Waals surface area contributed by atoms with Gasteiger partial charge in [0.1, 0.15) is 5.75 Å². The standard InChI is InChI=1S/C21H30NO3S.ClH/c1-16(21(23)25-12-6-7-13-26-22(2,3)4)17-8-9-19-15-20(24-5)11-10-18(19)14-17;/h8-11,14-16H,6-7,12-13H2,1-5H3;1H/q+1;/p-1/t16-;/m0./s1. The van der Waals surface area contributed by atoms with Crippen molar-refractivity contribution in [1.29, 1.82) is 0 Å². The molecular weight excluding hydrogens is 382 g/mol. The van der Waals surface area contributed by atoms with Crippen LogP contribution in [0.3, 0.4) is 0 Å². The molecule has 0 aliphatic heterocycles. The first-order chi connectivity index (χ1) is 12.3. The number of ether oxygens (including phenoxy) is 2. The van der Waals surface area contributed by atoms with Gasteiger partial charge in [-0.05, 0) is 48.2 Å². The summed E-state index contributed by atoms with van der Waals surface area (Å²) in [5, 5.41) is 2.20. The second-order valence-corrected chi connectivity index (χ2v) is 9.05. The number of hydrogen-bond donors (Lipinski definition) is 0. The van der Waals surface area contributed by atoms with Gasteiger partial charge >= 0.3 is 5.97 Å². The fourth-order valence-electron chi connectivity index (χ4n) is 2.61. The third kappa shape index (κ3) is 7.60. The number of rotatable bonds is 9. The Labute approximate surface area is 173 Å². The zero-order valence-corrected chi connectivity index (χ0v) is 18.4. The van der Waals surface area contributed by atoms with Gasteiger partial charge in [-0.1, -0.05) is 24.3 Å². The lowest BCUT2D eigenvalue weighted by molar-refractivity contribution is -0.726. The third-order valence-corrected chi connectivity index (χ3v) is 5.43. The Hall–Kier alpha value is -1.43. The lowest BCUT2D eigenvalue weighted by Gasteiger charge is -2.20. The highest BCUT2D eigenvalue weighted by Crippen LogP contribution is 2.26. The van der Waals surface area contributed by atoms with Gasteiger partial charge in [-0.25, -0.2) is 0 Å². The van der Waals surface area contributed by atoms with Crippen LogP contribution in [-0.4, -0.2) is 50.5 Å². The Kier molecular flexibility index (Phi) is 9.43. The van der Waals surface area contributed by atoms with Crippen LogP contribution in [0.15, 0.2) is 36.4 Å². The van der Waals surface area contributed by atoms with E-state index in [1.807, 2.05) is 49.2 Å². The number of unbranched alkanes of at least 4 members (excludes halogenated alkanes) is 1. The Bertz CT molecular complexity index is 746. The molecule has 2 aromatic carbocycles. The summed E-state index contributed by atoms with van der Waals surface area (Å²) in [7, 11) is 8.14. The van der Waals surface area contributed by atoms with E-state index in [0.29, 0.717) is 6.61 Å². The summed E-state index contributed by atoms with van der Waals surface area (Å²) < 4.78 is 11.6. The van der Waals surface area contributed by atoms with Gasteiger partial charge in [0.15, 0.2) is 0 Å². The lowest BCUT2D eigenvalue weighted by Crippen LogP contribution is -3.00. The summed E-state index contributed by atoms with van der Waals surface area (Å²) in [6.45, 7) is 2.39. The minimum Gasteiger partial charge on any atom is -1.00 e. The molecule has 0 fully saturated rings. The van der Waals surface area contributed by atoms with Crippen molar-refractivity contribution in [1.82, 2.24) is 0 Å². The number of methoxy groups -OCH3 is 1. The summed E-state index contributed by atoms with van der Waals surface area (Å²) in [5.74, 6) is 1.49. The van der Waals surface area contributed by atoms with E-state index in [4.69, 9.17) is 9.47 Å². The van der Waals surface area contributed by atoms with Crippen LogP contribution in [0.4, 0.5) is 0 Å². The molecule has 0 spiro atoms. The highest BCUT2D eigenvalue weighted by atomic mass is 35.5. The molecule has 0 unspecified atom stereocenters. The van der Waals surface area contributed by atoms with E-state index in [2.05, 4.69) is 27.2 Å². The van der Waals surface area contributed by atoms with Crippen molar-refractivity contribution in [3.05, 3.63) is 42.0 Å². The van der Waals surface area contributed by atoms with Gasteiger partial charge in [-0.15, -0.1) is 0 Å². The zero-order valence-electron chi connectivity index (χ0n) is 16.8. The first kappa shape index (κ1) is 23.6. The highest BCUT2D eigenvalue weighted by molar-refractivity contribution is 7.93. The van der Waals surface area contributed by atoms with Gasteiger partial charge in [0, 0.05) is 5.75 Å². The maximum absolute atomic E-state index is 12.3. The van der Waals surface area contributed by atoms with Crippen molar-refractivity contribution in [2.45, 2.75) is 25.7 Å². The van der Waals surface area contributed by atoms with Crippen LogP contribution in [0.5, 0.6) is 5.75 Å². The molecule has 0 heterocycles. The van der Waals surface area contributed by atoms with Crippen LogP contribution in [0.25, 0.3) is 10.8 Å². The Morgan fingerprint density at radius 2 is 1.74 bits per heavy atom. The number of nitrogens with zero attached hydrogens (tertiary/aromatic N) is 1. The van der Waals surface area contributed by atoms with Gasteiger partial charge in [0.2, 0.25) is 0 Å². The van der Waals surface area contributed by atoms with E-state index < -0.39 is 0 Å². The van der Waals surface area contributed by atoms with Gasteiger partial charge in [-0.3, -0.25) is 8.68 Å². The van der Waals surface area contributed by atoms with Crippen LogP contribution in [0.1, 0.15) is 31.2 Å². The maximum Gasteiger partial charge on any atom is 0.313 e. The molecule has 0 N–H and O–H groups in total. The fraction of sp³-hybridized carbons (Fsp3) is 0.476. The number of benzene rings is 2. The molecule has 6 heteroatoms. The Morgan fingerprint density at radius 3 is 2.41 bits per heavy atom. The predicted octanol–water partition coefficient (Wildman–Crippen LogP) is 1.63. The van der Waals surface area contributed by atoms with Crippen molar-refractivity contribution < 1.29 is 30.6 Å². The van der Waals surface area contributed by atoms with Crippen molar-refractivity contribution in [2.24, 2.45) is 0 Å². The first-order valence-electron chi connectivity index (χ1n) is 9.00. The van der Waals surface area contributed by atoms with Crippen LogP contribution in [0, 0.1) is 0 Å². The second kappa shape index (κ2) is 10.8. The minimum absolute atomic E-state index is 0. The van der Waals surface area contributed by atoms with Crippen LogP contribution in [0.2, 0.25) is 0 Å². The number of fused-ring (bicyclic) bond motifs is 1. The van der Waals surface area contributed by atoms with Crippen molar-refractivity contribution in [3.63, 3.8) is 0 Å². The molecule has 0 aromatic heterocycles. The van der Waals surface area contributed by atoms with E-state index in [-0.39, 0.29) is 24.3 Å². The Balaban J connectivity index is 0.00000364. The van der Waals surface area contributed by atoms with Crippen LogP contribution < -0.4 is 17.1 Å². The van der Waals surface area contributed by atoms with E-state index in [9.17, 15) is 4.79 Å². The molecule has 1 atom stereocenters. The average molecular weight is 412 g/mol. The second-order valence-electron chi connectivity index (χ2n) is 7.29. The van der Waals surface area contributed by atoms with Crippen LogP contribution in [-0.2, 0) is 9.53 Å². The smallest absolute Gasteiger partial charge is 0.313 e. The summed E-state index contributed by atoms with van der Waals surface area (Å²) in [6, 6.07) is 12.0. The largest absolute Gasteiger partial charge is 1.00 e. The summed E-state index contributed by atoms with van der Waals surface area (Å²) in [6.07, 6.45) is 1.96. The van der Waals surface area contributed by atoms with Crippen LogP contribution >= 0.6 is 11.9 Å². The molecule has 2 aromatic rings. The van der Waals surface area contributed by atoms with Crippen molar-refractivity contribution >= 4 is 28.7 Å². The fourth-order valence-corrected chi connectivity index (χ4v) is 3.50. The predicted molar refractivity (Wildman–Crippen MR) is 110 cm³/mol. The van der Waals surface area contributed by atoms with E-state index in [1.165, 1.54) is 0 Å². The summed E-state index contributed by atoms with van der Waals surface area (Å²) in [4.78, 5) is 12.3. The Morgan fingerprint density at radius 1 is 1.07 bits per heavy atom. The topological polar surface area (TPSA) is 35.5 Å².